The monoisotopic (exact) mass is 275 g/mol. The molecular weight excluding hydrogens is 254 g/mol. The molecule has 0 saturated heterocycles. The Morgan fingerprint density at radius 1 is 1.30 bits per heavy atom. The first-order chi connectivity index (χ1) is 9.47. The zero-order valence-electron chi connectivity index (χ0n) is 12.4. The molecule has 6 nitrogen and oxygen atoms in total. The smallest absolute Gasteiger partial charge is 0.165 e. The third-order valence-electron chi connectivity index (χ3n) is 3.01. The standard InChI is InChI=1S/C14H21N5O/c1-9-5-10(2)18-14-12(9)13(16-8-17-14)15-6-11(20)7-19(3)4/h5,8,11,20H,6-7H2,1-4H3,(H,15,16,17,18)/t11-/m0/s1. The number of aromatic nitrogens is 3. The highest BCUT2D eigenvalue weighted by Gasteiger charge is 2.11. The van der Waals surface area contributed by atoms with Crippen LogP contribution in [0.15, 0.2) is 12.4 Å². The van der Waals surface area contributed by atoms with Crippen molar-refractivity contribution in [2.24, 2.45) is 0 Å². The van der Waals surface area contributed by atoms with Gasteiger partial charge in [-0.1, -0.05) is 0 Å². The van der Waals surface area contributed by atoms with E-state index in [9.17, 15) is 5.11 Å². The summed E-state index contributed by atoms with van der Waals surface area (Å²) in [7, 11) is 3.86. The topological polar surface area (TPSA) is 74.2 Å². The first-order valence-electron chi connectivity index (χ1n) is 6.63. The van der Waals surface area contributed by atoms with Gasteiger partial charge in [-0.2, -0.15) is 0 Å². The van der Waals surface area contributed by atoms with Gasteiger partial charge in [-0.15, -0.1) is 0 Å². The number of aliphatic hydroxyl groups is 1. The molecule has 0 aliphatic heterocycles. The zero-order valence-corrected chi connectivity index (χ0v) is 12.4. The van der Waals surface area contributed by atoms with Crippen LogP contribution in [0.3, 0.4) is 0 Å². The van der Waals surface area contributed by atoms with Crippen LogP contribution in [0, 0.1) is 13.8 Å². The Morgan fingerprint density at radius 3 is 2.75 bits per heavy atom. The second-order valence-corrected chi connectivity index (χ2v) is 5.30. The van der Waals surface area contributed by atoms with Gasteiger partial charge >= 0.3 is 0 Å². The summed E-state index contributed by atoms with van der Waals surface area (Å²) in [5.74, 6) is 0.720. The van der Waals surface area contributed by atoms with Crippen LogP contribution < -0.4 is 5.32 Å². The van der Waals surface area contributed by atoms with Crippen LogP contribution in [-0.2, 0) is 0 Å². The molecule has 2 N–H and O–H groups in total. The van der Waals surface area contributed by atoms with Crippen LogP contribution >= 0.6 is 0 Å². The maximum absolute atomic E-state index is 9.90. The largest absolute Gasteiger partial charge is 0.390 e. The Labute approximate surface area is 118 Å². The molecule has 108 valence electrons. The van der Waals surface area contributed by atoms with Crippen molar-refractivity contribution in [2.75, 3.05) is 32.5 Å². The molecule has 0 bridgehead atoms. The minimum Gasteiger partial charge on any atom is -0.390 e. The second kappa shape index (κ2) is 6.11. The maximum atomic E-state index is 9.90. The highest BCUT2D eigenvalue weighted by atomic mass is 16.3. The van der Waals surface area contributed by atoms with Gasteiger partial charge in [-0.3, -0.25) is 0 Å². The van der Waals surface area contributed by atoms with Crippen molar-refractivity contribution in [3.05, 3.63) is 23.7 Å². The van der Waals surface area contributed by atoms with Gasteiger partial charge in [0.1, 0.15) is 12.1 Å². The van der Waals surface area contributed by atoms with E-state index in [2.05, 4.69) is 20.3 Å². The first-order valence-corrected chi connectivity index (χ1v) is 6.63. The SMILES string of the molecule is Cc1cc(C)c2c(NC[C@H](O)CN(C)C)ncnc2n1. The molecule has 0 spiro atoms. The van der Waals surface area contributed by atoms with Crippen molar-refractivity contribution in [2.45, 2.75) is 20.0 Å². The van der Waals surface area contributed by atoms with E-state index in [1.807, 2.05) is 38.9 Å². The van der Waals surface area contributed by atoms with Gasteiger partial charge in [0.25, 0.3) is 0 Å². The molecule has 0 aromatic carbocycles. The van der Waals surface area contributed by atoms with Gasteiger partial charge in [0, 0.05) is 18.8 Å². The minimum absolute atomic E-state index is 0.442. The fourth-order valence-corrected chi connectivity index (χ4v) is 2.24. The van der Waals surface area contributed by atoms with Crippen LogP contribution in [0.25, 0.3) is 11.0 Å². The van der Waals surface area contributed by atoms with E-state index in [0.717, 1.165) is 22.5 Å². The normalized spacial score (nSPS) is 12.9. The van der Waals surface area contributed by atoms with Gasteiger partial charge < -0.3 is 15.3 Å². The Kier molecular flexibility index (Phi) is 4.46. The van der Waals surface area contributed by atoms with E-state index < -0.39 is 6.10 Å². The summed E-state index contributed by atoms with van der Waals surface area (Å²) >= 11 is 0. The van der Waals surface area contributed by atoms with Crippen LogP contribution in [0.5, 0.6) is 0 Å². The summed E-state index contributed by atoms with van der Waals surface area (Å²) in [4.78, 5) is 14.8. The van der Waals surface area contributed by atoms with Crippen molar-refractivity contribution in [1.82, 2.24) is 19.9 Å². The van der Waals surface area contributed by atoms with E-state index in [0.29, 0.717) is 18.7 Å². The molecule has 6 heteroatoms. The molecule has 0 radical (unpaired) electrons. The molecular formula is C14H21N5O. The third kappa shape index (κ3) is 3.40. The van der Waals surface area contributed by atoms with Crippen LogP contribution in [0.2, 0.25) is 0 Å². The molecule has 0 aliphatic rings. The molecule has 2 heterocycles. The number of nitrogens with one attached hydrogen (secondary N) is 1. The highest BCUT2D eigenvalue weighted by Crippen LogP contribution is 2.22. The Morgan fingerprint density at radius 2 is 2.05 bits per heavy atom. The molecule has 2 rings (SSSR count). The van der Waals surface area contributed by atoms with E-state index >= 15 is 0 Å². The first kappa shape index (κ1) is 14.6. The van der Waals surface area contributed by atoms with Gasteiger partial charge in [-0.25, -0.2) is 15.0 Å². The molecule has 0 saturated carbocycles. The van der Waals surface area contributed by atoms with Gasteiger partial charge in [0.15, 0.2) is 5.65 Å². The number of aliphatic hydroxyl groups excluding tert-OH is 1. The summed E-state index contributed by atoms with van der Waals surface area (Å²) < 4.78 is 0. The number of pyridine rings is 1. The Bertz CT molecular complexity index is 599. The average Bonchev–Trinajstić information content (AvgIpc) is 2.34. The third-order valence-corrected chi connectivity index (χ3v) is 3.01. The van der Waals surface area contributed by atoms with Crippen molar-refractivity contribution >= 4 is 16.9 Å². The van der Waals surface area contributed by atoms with Crippen LogP contribution in [-0.4, -0.2) is 58.2 Å². The predicted molar refractivity (Wildman–Crippen MR) is 79.9 cm³/mol. The van der Waals surface area contributed by atoms with Crippen molar-refractivity contribution < 1.29 is 5.11 Å². The fourth-order valence-electron chi connectivity index (χ4n) is 2.24. The lowest BCUT2D eigenvalue weighted by Gasteiger charge is -2.17. The minimum atomic E-state index is -0.450. The van der Waals surface area contributed by atoms with Crippen LogP contribution in [0.4, 0.5) is 5.82 Å². The fraction of sp³-hybridized carbons (Fsp3) is 0.500. The molecule has 0 unspecified atom stereocenters. The van der Waals surface area contributed by atoms with Crippen molar-refractivity contribution in [3.8, 4) is 0 Å². The maximum Gasteiger partial charge on any atom is 0.165 e. The Hall–Kier alpha value is -1.79. The van der Waals surface area contributed by atoms with Gasteiger partial charge in [-0.05, 0) is 39.6 Å². The number of likely N-dealkylation sites (N-methyl/N-ethyl adjacent to an activating group) is 1. The number of hydrogen-bond donors (Lipinski definition) is 2. The summed E-state index contributed by atoms with van der Waals surface area (Å²) in [5.41, 5.74) is 2.70. The molecule has 0 aliphatic carbocycles. The lowest BCUT2D eigenvalue weighted by molar-refractivity contribution is 0.148. The number of hydrogen-bond acceptors (Lipinski definition) is 6. The van der Waals surface area contributed by atoms with E-state index in [4.69, 9.17) is 0 Å². The molecule has 1 atom stereocenters. The lowest BCUT2D eigenvalue weighted by atomic mass is 10.1. The van der Waals surface area contributed by atoms with E-state index in [1.165, 1.54) is 6.33 Å². The second-order valence-electron chi connectivity index (χ2n) is 5.30. The number of nitrogens with zero attached hydrogens (tertiary/aromatic N) is 4. The van der Waals surface area contributed by atoms with E-state index in [-0.39, 0.29) is 0 Å². The lowest BCUT2D eigenvalue weighted by Crippen LogP contribution is -2.31. The summed E-state index contributed by atoms with van der Waals surface area (Å²) in [6.07, 6.45) is 1.04. The van der Waals surface area contributed by atoms with Gasteiger partial charge in [0.2, 0.25) is 0 Å². The zero-order chi connectivity index (χ0) is 14.7. The number of aryl methyl sites for hydroxylation is 2. The Balaban J connectivity index is 2.22. The molecule has 0 fully saturated rings. The number of anilines is 1. The van der Waals surface area contributed by atoms with Crippen molar-refractivity contribution in [1.29, 1.82) is 0 Å². The summed E-state index contributed by atoms with van der Waals surface area (Å²) in [6, 6.07) is 2.01. The molecule has 2 aromatic heterocycles. The van der Waals surface area contributed by atoms with Gasteiger partial charge in [0.05, 0.1) is 11.5 Å². The highest BCUT2D eigenvalue weighted by molar-refractivity contribution is 5.89. The molecule has 20 heavy (non-hydrogen) atoms. The van der Waals surface area contributed by atoms with E-state index in [1.54, 1.807) is 0 Å². The predicted octanol–water partition coefficient (Wildman–Crippen LogP) is 0.976. The quantitative estimate of drug-likeness (QED) is 0.847. The summed E-state index contributed by atoms with van der Waals surface area (Å²) in [6.45, 7) is 5.01. The number of rotatable bonds is 5. The molecule has 0 amide bonds. The van der Waals surface area contributed by atoms with Crippen LogP contribution in [0.1, 0.15) is 11.3 Å². The summed E-state index contributed by atoms with van der Waals surface area (Å²) in [5, 5.41) is 14.0. The molecule has 2 aromatic rings. The average molecular weight is 275 g/mol. The number of fused-ring (bicyclic) bond motifs is 1. The van der Waals surface area contributed by atoms with Crippen molar-refractivity contribution in [3.63, 3.8) is 0 Å².